The van der Waals surface area contributed by atoms with E-state index in [9.17, 15) is 5.11 Å². The second kappa shape index (κ2) is 5.56. The number of β-amino-alcohol motifs (C(OH)–C–C–N with tert-alkyl or cyclic N) is 1. The highest BCUT2D eigenvalue weighted by Gasteiger charge is 2.26. The summed E-state index contributed by atoms with van der Waals surface area (Å²) < 4.78 is 0. The van der Waals surface area contributed by atoms with Crippen LogP contribution in [0, 0.1) is 0 Å². The first-order valence-electron chi connectivity index (χ1n) is 6.99. The lowest BCUT2D eigenvalue weighted by Gasteiger charge is -2.35. The predicted molar refractivity (Wildman–Crippen MR) is 83.8 cm³/mol. The largest absolute Gasteiger partial charge is 0.398 e. The van der Waals surface area contributed by atoms with Gasteiger partial charge in [-0.05, 0) is 36.4 Å². The molecule has 4 heteroatoms. The van der Waals surface area contributed by atoms with Crippen LogP contribution in [0.3, 0.4) is 0 Å². The molecule has 2 atom stereocenters. The normalized spacial score (nSPS) is 20.6. The van der Waals surface area contributed by atoms with Crippen molar-refractivity contribution in [1.29, 1.82) is 0 Å². The first-order chi connectivity index (χ1) is 9.66. The summed E-state index contributed by atoms with van der Waals surface area (Å²) in [6.07, 6.45) is 0.549. The molecule has 2 aromatic rings. The van der Waals surface area contributed by atoms with Crippen LogP contribution in [0.1, 0.15) is 35.1 Å². The lowest BCUT2D eigenvalue weighted by Crippen LogP contribution is -2.36. The Labute approximate surface area is 123 Å². The molecule has 106 valence electrons. The Morgan fingerprint density at radius 3 is 3.00 bits per heavy atom. The van der Waals surface area contributed by atoms with Crippen LogP contribution >= 0.6 is 11.3 Å². The summed E-state index contributed by atoms with van der Waals surface area (Å²) in [5.41, 5.74) is 8.85. The van der Waals surface area contributed by atoms with E-state index in [1.165, 1.54) is 10.4 Å². The molecule has 0 radical (unpaired) electrons. The van der Waals surface area contributed by atoms with Gasteiger partial charge in [-0.25, -0.2) is 0 Å². The molecule has 0 saturated carbocycles. The molecule has 3 rings (SSSR count). The summed E-state index contributed by atoms with van der Waals surface area (Å²) >= 11 is 1.84. The first-order valence-corrected chi connectivity index (χ1v) is 7.87. The van der Waals surface area contributed by atoms with Crippen LogP contribution in [-0.2, 0) is 6.42 Å². The van der Waals surface area contributed by atoms with Crippen LogP contribution in [0.25, 0.3) is 0 Å². The highest BCUT2D eigenvalue weighted by Crippen LogP contribution is 2.34. The molecule has 0 bridgehead atoms. The van der Waals surface area contributed by atoms with Crippen molar-refractivity contribution in [3.8, 4) is 0 Å². The monoisotopic (exact) mass is 288 g/mol. The van der Waals surface area contributed by atoms with Crippen molar-refractivity contribution < 1.29 is 5.11 Å². The number of nitrogens with zero attached hydrogens (tertiary/aromatic N) is 1. The fourth-order valence-electron chi connectivity index (χ4n) is 2.95. The lowest BCUT2D eigenvalue weighted by molar-refractivity contribution is 0.0875. The standard InChI is InChI=1S/C16H20N2OS/c1-11-12-7-9-20-16(12)6-8-18(11)10-15(19)13-4-2-3-5-14(13)17/h2-5,7,9,11,15,19H,6,8,10,17H2,1H3. The van der Waals surface area contributed by atoms with E-state index in [1.807, 2.05) is 35.6 Å². The SMILES string of the molecule is CC1c2ccsc2CCN1CC(O)c1ccccc1N. The molecule has 1 aliphatic heterocycles. The quantitative estimate of drug-likeness (QED) is 0.854. The number of nitrogen functional groups attached to an aromatic ring is 1. The van der Waals surface area contributed by atoms with Gasteiger partial charge in [0, 0.05) is 35.3 Å². The maximum atomic E-state index is 10.5. The molecule has 0 fully saturated rings. The van der Waals surface area contributed by atoms with Gasteiger partial charge in [0.25, 0.3) is 0 Å². The van der Waals surface area contributed by atoms with E-state index in [-0.39, 0.29) is 0 Å². The molecule has 2 heterocycles. The summed E-state index contributed by atoms with van der Waals surface area (Å²) in [6.45, 7) is 3.84. The van der Waals surface area contributed by atoms with Gasteiger partial charge in [-0.2, -0.15) is 0 Å². The molecule has 1 aromatic carbocycles. The number of para-hydroxylation sites is 1. The number of aliphatic hydroxyl groups excluding tert-OH is 1. The smallest absolute Gasteiger partial charge is 0.0936 e. The number of fused-ring (bicyclic) bond motifs is 1. The van der Waals surface area contributed by atoms with E-state index >= 15 is 0 Å². The van der Waals surface area contributed by atoms with E-state index in [0.29, 0.717) is 18.3 Å². The zero-order chi connectivity index (χ0) is 14.1. The van der Waals surface area contributed by atoms with Gasteiger partial charge in [-0.3, -0.25) is 4.90 Å². The third-order valence-electron chi connectivity index (χ3n) is 4.17. The molecule has 20 heavy (non-hydrogen) atoms. The van der Waals surface area contributed by atoms with E-state index in [0.717, 1.165) is 18.5 Å². The van der Waals surface area contributed by atoms with Crippen LogP contribution in [-0.4, -0.2) is 23.1 Å². The second-order valence-electron chi connectivity index (χ2n) is 5.36. The molecule has 1 aliphatic rings. The van der Waals surface area contributed by atoms with Crippen LogP contribution < -0.4 is 5.73 Å². The van der Waals surface area contributed by atoms with Crippen molar-refractivity contribution in [3.05, 3.63) is 51.7 Å². The third-order valence-corrected chi connectivity index (χ3v) is 5.16. The number of hydrogen-bond acceptors (Lipinski definition) is 4. The number of hydrogen-bond donors (Lipinski definition) is 2. The highest BCUT2D eigenvalue weighted by atomic mass is 32.1. The van der Waals surface area contributed by atoms with Crippen molar-refractivity contribution >= 4 is 17.0 Å². The summed E-state index contributed by atoms with van der Waals surface area (Å²) in [7, 11) is 0. The van der Waals surface area contributed by atoms with Gasteiger partial charge in [0.2, 0.25) is 0 Å². The Morgan fingerprint density at radius 1 is 1.40 bits per heavy atom. The summed E-state index contributed by atoms with van der Waals surface area (Å²) in [5, 5.41) is 12.6. The molecule has 2 unspecified atom stereocenters. The molecular formula is C16H20N2OS. The van der Waals surface area contributed by atoms with Crippen molar-refractivity contribution in [2.24, 2.45) is 0 Å². The number of thiophene rings is 1. The Balaban J connectivity index is 1.74. The maximum absolute atomic E-state index is 10.5. The number of aliphatic hydroxyl groups is 1. The molecule has 0 spiro atoms. The van der Waals surface area contributed by atoms with Crippen molar-refractivity contribution in [2.75, 3.05) is 18.8 Å². The number of anilines is 1. The lowest BCUT2D eigenvalue weighted by atomic mass is 9.99. The molecule has 3 nitrogen and oxygen atoms in total. The van der Waals surface area contributed by atoms with Crippen molar-refractivity contribution in [2.45, 2.75) is 25.5 Å². The van der Waals surface area contributed by atoms with Crippen LogP contribution in [0.2, 0.25) is 0 Å². The molecular weight excluding hydrogens is 268 g/mol. The molecule has 1 aromatic heterocycles. The highest BCUT2D eigenvalue weighted by molar-refractivity contribution is 7.10. The fraction of sp³-hybridized carbons (Fsp3) is 0.375. The van der Waals surface area contributed by atoms with Gasteiger partial charge in [0.1, 0.15) is 0 Å². The van der Waals surface area contributed by atoms with Crippen LogP contribution in [0.5, 0.6) is 0 Å². The topological polar surface area (TPSA) is 49.5 Å². The first kappa shape index (κ1) is 13.6. The Hall–Kier alpha value is -1.36. The van der Waals surface area contributed by atoms with Gasteiger partial charge in [-0.15, -0.1) is 11.3 Å². The Bertz CT molecular complexity index is 596. The number of rotatable bonds is 3. The number of nitrogens with two attached hydrogens (primary N) is 1. The average Bonchev–Trinajstić information content (AvgIpc) is 2.91. The van der Waals surface area contributed by atoms with E-state index in [1.54, 1.807) is 0 Å². The summed E-state index contributed by atoms with van der Waals surface area (Å²) in [6, 6.07) is 10.1. The predicted octanol–water partition coefficient (Wildman–Crippen LogP) is 2.98. The van der Waals surface area contributed by atoms with Gasteiger partial charge < -0.3 is 10.8 Å². The average molecular weight is 288 g/mol. The zero-order valence-corrected chi connectivity index (χ0v) is 12.4. The third kappa shape index (κ3) is 2.46. The van der Waals surface area contributed by atoms with Crippen molar-refractivity contribution in [3.63, 3.8) is 0 Å². The number of benzene rings is 1. The van der Waals surface area contributed by atoms with Gasteiger partial charge >= 0.3 is 0 Å². The summed E-state index contributed by atoms with van der Waals surface area (Å²) in [5.74, 6) is 0. The molecule has 0 amide bonds. The van der Waals surface area contributed by atoms with Crippen LogP contribution in [0.4, 0.5) is 5.69 Å². The molecule has 0 saturated heterocycles. The van der Waals surface area contributed by atoms with Gasteiger partial charge in [0.15, 0.2) is 0 Å². The minimum absolute atomic E-state index is 0.365. The Kier molecular flexibility index (Phi) is 3.78. The van der Waals surface area contributed by atoms with E-state index in [4.69, 9.17) is 5.73 Å². The van der Waals surface area contributed by atoms with Gasteiger partial charge in [0.05, 0.1) is 6.10 Å². The van der Waals surface area contributed by atoms with E-state index in [2.05, 4.69) is 23.3 Å². The molecule has 3 N–H and O–H groups in total. The minimum Gasteiger partial charge on any atom is -0.398 e. The fourth-order valence-corrected chi connectivity index (χ4v) is 3.91. The molecule has 0 aliphatic carbocycles. The van der Waals surface area contributed by atoms with Crippen LogP contribution in [0.15, 0.2) is 35.7 Å². The Morgan fingerprint density at radius 2 is 2.20 bits per heavy atom. The summed E-state index contributed by atoms with van der Waals surface area (Å²) in [4.78, 5) is 3.83. The van der Waals surface area contributed by atoms with Gasteiger partial charge in [-0.1, -0.05) is 18.2 Å². The zero-order valence-electron chi connectivity index (χ0n) is 11.6. The second-order valence-corrected chi connectivity index (χ2v) is 6.37. The van der Waals surface area contributed by atoms with Crippen molar-refractivity contribution in [1.82, 2.24) is 4.90 Å². The maximum Gasteiger partial charge on any atom is 0.0936 e. The minimum atomic E-state index is -0.529. The van der Waals surface area contributed by atoms with E-state index < -0.39 is 6.10 Å².